The number of benzene rings is 1. The van der Waals surface area contributed by atoms with E-state index in [9.17, 15) is 4.79 Å². The minimum atomic E-state index is 0.513. The summed E-state index contributed by atoms with van der Waals surface area (Å²) in [7, 11) is 1.61. The molecule has 3 rings (SSSR count). The molecule has 0 unspecified atom stereocenters. The number of nitrogens with zero attached hydrogens (tertiary/aromatic N) is 2. The van der Waals surface area contributed by atoms with Crippen molar-refractivity contribution in [2.75, 3.05) is 7.11 Å². The van der Waals surface area contributed by atoms with E-state index in [0.29, 0.717) is 17.1 Å². The summed E-state index contributed by atoms with van der Waals surface area (Å²) >= 11 is 3.45. The van der Waals surface area contributed by atoms with Gasteiger partial charge in [0.25, 0.3) is 0 Å². The molecule has 3 aromatic rings. The van der Waals surface area contributed by atoms with Crippen LogP contribution < -0.4 is 4.74 Å². The first-order valence-electron chi connectivity index (χ1n) is 6.42. The van der Waals surface area contributed by atoms with Gasteiger partial charge in [0, 0.05) is 16.2 Å². The standard InChI is InChI=1S/C16H13BrN2O2/c1-10-7-11(17)8-19-13(9-20)15(18-16(10)19)12-5-3-4-6-14(12)21-2/h3-9H,1-2H3. The fourth-order valence-electron chi connectivity index (χ4n) is 2.44. The molecule has 0 aliphatic heterocycles. The molecule has 0 fully saturated rings. The minimum Gasteiger partial charge on any atom is -0.496 e. The number of methoxy groups -OCH3 is 1. The predicted octanol–water partition coefficient (Wildman–Crippen LogP) is 3.89. The van der Waals surface area contributed by atoms with E-state index in [4.69, 9.17) is 4.74 Å². The van der Waals surface area contributed by atoms with Crippen LogP contribution >= 0.6 is 15.9 Å². The van der Waals surface area contributed by atoms with E-state index >= 15 is 0 Å². The second-order valence-electron chi connectivity index (χ2n) is 4.70. The molecule has 0 spiro atoms. The third-order valence-corrected chi connectivity index (χ3v) is 3.81. The van der Waals surface area contributed by atoms with Gasteiger partial charge in [0.15, 0.2) is 6.29 Å². The summed E-state index contributed by atoms with van der Waals surface area (Å²) in [6.07, 6.45) is 2.67. The third kappa shape index (κ3) is 2.23. The van der Waals surface area contributed by atoms with E-state index in [-0.39, 0.29) is 0 Å². The fraction of sp³-hybridized carbons (Fsp3) is 0.125. The van der Waals surface area contributed by atoms with Crippen LogP contribution in [0.4, 0.5) is 0 Å². The van der Waals surface area contributed by atoms with Crippen LogP contribution in [0.1, 0.15) is 16.1 Å². The van der Waals surface area contributed by atoms with E-state index in [1.165, 1.54) is 0 Å². The highest BCUT2D eigenvalue weighted by Gasteiger charge is 2.17. The predicted molar refractivity (Wildman–Crippen MR) is 85.0 cm³/mol. The number of para-hydroxylation sites is 1. The lowest BCUT2D eigenvalue weighted by molar-refractivity contribution is 0.111. The van der Waals surface area contributed by atoms with Crippen molar-refractivity contribution in [2.24, 2.45) is 0 Å². The van der Waals surface area contributed by atoms with Crippen LogP contribution in [-0.4, -0.2) is 22.8 Å². The summed E-state index contributed by atoms with van der Waals surface area (Å²) in [5, 5.41) is 0. The van der Waals surface area contributed by atoms with Crippen molar-refractivity contribution in [2.45, 2.75) is 6.92 Å². The lowest BCUT2D eigenvalue weighted by Gasteiger charge is -2.06. The number of pyridine rings is 1. The van der Waals surface area contributed by atoms with E-state index in [1.54, 1.807) is 11.5 Å². The number of ether oxygens (including phenoxy) is 1. The van der Waals surface area contributed by atoms with Gasteiger partial charge in [-0.15, -0.1) is 0 Å². The lowest BCUT2D eigenvalue weighted by atomic mass is 10.1. The van der Waals surface area contributed by atoms with Gasteiger partial charge in [0.2, 0.25) is 0 Å². The molecule has 0 aliphatic carbocycles. The average molecular weight is 345 g/mol. The number of rotatable bonds is 3. The fourth-order valence-corrected chi connectivity index (χ4v) is 2.99. The van der Waals surface area contributed by atoms with E-state index in [0.717, 1.165) is 27.5 Å². The molecule has 2 aromatic heterocycles. The van der Waals surface area contributed by atoms with Crippen LogP contribution in [0.3, 0.4) is 0 Å². The van der Waals surface area contributed by atoms with Crippen LogP contribution in [0.2, 0.25) is 0 Å². The minimum absolute atomic E-state index is 0.513. The molecule has 0 saturated carbocycles. The van der Waals surface area contributed by atoms with Crippen LogP contribution in [0.25, 0.3) is 16.9 Å². The quantitative estimate of drug-likeness (QED) is 0.677. The van der Waals surface area contributed by atoms with Crippen LogP contribution in [-0.2, 0) is 0 Å². The smallest absolute Gasteiger partial charge is 0.169 e. The van der Waals surface area contributed by atoms with Crippen molar-refractivity contribution < 1.29 is 9.53 Å². The summed E-state index contributed by atoms with van der Waals surface area (Å²) in [6, 6.07) is 9.53. The first-order chi connectivity index (χ1) is 10.2. The summed E-state index contributed by atoms with van der Waals surface area (Å²) in [5.74, 6) is 0.695. The van der Waals surface area contributed by atoms with Crippen molar-refractivity contribution in [1.82, 2.24) is 9.38 Å². The van der Waals surface area contributed by atoms with Gasteiger partial charge in [0.05, 0.1) is 7.11 Å². The Balaban J connectivity index is 2.38. The Bertz CT molecular complexity index is 840. The number of aldehydes is 1. The molecule has 106 valence electrons. The number of halogens is 1. The van der Waals surface area contributed by atoms with E-state index < -0.39 is 0 Å². The Morgan fingerprint density at radius 3 is 2.81 bits per heavy atom. The number of fused-ring (bicyclic) bond motifs is 1. The molecule has 2 heterocycles. The second-order valence-corrected chi connectivity index (χ2v) is 5.61. The number of hydrogen-bond donors (Lipinski definition) is 0. The van der Waals surface area contributed by atoms with Gasteiger partial charge in [0.1, 0.15) is 22.8 Å². The van der Waals surface area contributed by atoms with Gasteiger partial charge in [-0.05, 0) is 46.6 Å². The van der Waals surface area contributed by atoms with Crippen molar-refractivity contribution in [1.29, 1.82) is 0 Å². The van der Waals surface area contributed by atoms with Gasteiger partial charge in [-0.2, -0.15) is 0 Å². The monoisotopic (exact) mass is 344 g/mol. The molecular weight excluding hydrogens is 332 g/mol. The molecule has 0 amide bonds. The van der Waals surface area contributed by atoms with Crippen molar-refractivity contribution in [3.8, 4) is 17.0 Å². The van der Waals surface area contributed by atoms with Crippen molar-refractivity contribution in [3.63, 3.8) is 0 Å². The molecule has 0 N–H and O–H groups in total. The Labute approximate surface area is 130 Å². The van der Waals surface area contributed by atoms with Gasteiger partial charge >= 0.3 is 0 Å². The third-order valence-electron chi connectivity index (χ3n) is 3.38. The molecule has 21 heavy (non-hydrogen) atoms. The molecule has 1 aromatic carbocycles. The zero-order valence-corrected chi connectivity index (χ0v) is 13.2. The summed E-state index contributed by atoms with van der Waals surface area (Å²) < 4.78 is 8.08. The van der Waals surface area contributed by atoms with E-state index in [1.807, 2.05) is 43.5 Å². The van der Waals surface area contributed by atoms with Crippen LogP contribution in [0.15, 0.2) is 41.0 Å². The van der Waals surface area contributed by atoms with Gasteiger partial charge < -0.3 is 4.74 Å². The number of hydrogen-bond acceptors (Lipinski definition) is 3. The largest absolute Gasteiger partial charge is 0.496 e. The molecule has 0 radical (unpaired) electrons. The number of aryl methyl sites for hydroxylation is 1. The Morgan fingerprint density at radius 2 is 2.10 bits per heavy atom. The SMILES string of the molecule is COc1ccccc1-c1nc2c(C)cc(Br)cn2c1C=O. The van der Waals surface area contributed by atoms with Crippen molar-refractivity contribution >= 4 is 27.9 Å². The number of aromatic nitrogens is 2. The van der Waals surface area contributed by atoms with Crippen LogP contribution in [0.5, 0.6) is 5.75 Å². The molecule has 0 aliphatic rings. The normalized spacial score (nSPS) is 10.8. The summed E-state index contributed by atoms with van der Waals surface area (Å²) in [5.41, 5.74) is 3.71. The van der Waals surface area contributed by atoms with Crippen LogP contribution in [0, 0.1) is 6.92 Å². The van der Waals surface area contributed by atoms with E-state index in [2.05, 4.69) is 20.9 Å². The second kappa shape index (κ2) is 5.33. The maximum Gasteiger partial charge on any atom is 0.169 e. The molecule has 0 atom stereocenters. The topological polar surface area (TPSA) is 43.6 Å². The zero-order valence-electron chi connectivity index (χ0n) is 11.6. The summed E-state index contributed by atoms with van der Waals surface area (Å²) in [4.78, 5) is 16.2. The Morgan fingerprint density at radius 1 is 1.33 bits per heavy atom. The number of carbonyl (C=O) groups excluding carboxylic acids is 1. The molecular formula is C16H13BrN2O2. The Kier molecular flexibility index (Phi) is 3.51. The van der Waals surface area contributed by atoms with Crippen molar-refractivity contribution in [3.05, 3.63) is 52.3 Å². The first-order valence-corrected chi connectivity index (χ1v) is 7.21. The highest BCUT2D eigenvalue weighted by atomic mass is 79.9. The zero-order chi connectivity index (χ0) is 15.0. The maximum absolute atomic E-state index is 11.6. The highest BCUT2D eigenvalue weighted by Crippen LogP contribution is 2.32. The van der Waals surface area contributed by atoms with Gasteiger partial charge in [-0.25, -0.2) is 4.98 Å². The molecule has 0 bridgehead atoms. The first kappa shape index (κ1) is 13.8. The molecule has 5 heteroatoms. The molecule has 4 nitrogen and oxygen atoms in total. The number of carbonyl (C=O) groups is 1. The van der Waals surface area contributed by atoms with Gasteiger partial charge in [-0.1, -0.05) is 12.1 Å². The summed E-state index contributed by atoms with van der Waals surface area (Å²) in [6.45, 7) is 1.97. The highest BCUT2D eigenvalue weighted by molar-refractivity contribution is 9.10. The van der Waals surface area contributed by atoms with Gasteiger partial charge in [-0.3, -0.25) is 9.20 Å². The Hall–Kier alpha value is -2.14. The molecule has 0 saturated heterocycles. The lowest BCUT2D eigenvalue weighted by Crippen LogP contribution is -1.95. The maximum atomic E-state index is 11.6. The average Bonchev–Trinajstić information content (AvgIpc) is 2.85. The number of imidazole rings is 1.